The Balaban J connectivity index is 4.07. The molecule has 1 N–H and O–H groups in total. The third-order valence-corrected chi connectivity index (χ3v) is 12.9. The predicted octanol–water partition coefficient (Wildman–Crippen LogP) is 18.0. The second-order valence-corrected chi connectivity index (χ2v) is 21.3. The van der Waals surface area contributed by atoms with Crippen LogP contribution in [0.25, 0.3) is 0 Å². The molecule has 426 valence electrons. The van der Waals surface area contributed by atoms with Crippen LogP contribution in [0, 0.1) is 0 Å². The van der Waals surface area contributed by atoms with Gasteiger partial charge in [-0.1, -0.05) is 240 Å². The van der Waals surface area contributed by atoms with Crippen LogP contribution in [0.1, 0.15) is 251 Å². The lowest BCUT2D eigenvalue weighted by Gasteiger charge is -2.25. The summed E-state index contributed by atoms with van der Waals surface area (Å²) in [5, 5.41) is 9.69. The van der Waals surface area contributed by atoms with Gasteiger partial charge in [-0.3, -0.25) is 9.59 Å². The SMILES string of the molecule is CC/C=C\C/C=C\C/C=C\C/C=C\C/C=C\CCCCCCCCCCCCCCCCCCCCCC(=O)OC(COC(=O)CCCCCCC/C=C\C/C=C\CCCC)COC(OCC[N+](C)(C)C)C(=O)O. The van der Waals surface area contributed by atoms with Crippen LogP contribution in [-0.4, -0.2) is 87.4 Å². The van der Waals surface area contributed by atoms with Crippen LogP contribution >= 0.6 is 0 Å². The summed E-state index contributed by atoms with van der Waals surface area (Å²) in [5.41, 5.74) is 0. The molecular formula is C65H114NO8+. The summed E-state index contributed by atoms with van der Waals surface area (Å²) in [4.78, 5) is 37.4. The van der Waals surface area contributed by atoms with Crippen LogP contribution < -0.4 is 0 Å². The summed E-state index contributed by atoms with van der Waals surface area (Å²) in [6, 6.07) is 0. The van der Waals surface area contributed by atoms with Crippen molar-refractivity contribution in [3.05, 3.63) is 85.1 Å². The number of rotatable bonds is 55. The molecule has 2 unspecified atom stereocenters. The van der Waals surface area contributed by atoms with Gasteiger partial charge in [0.15, 0.2) is 6.10 Å². The lowest BCUT2D eigenvalue weighted by Crippen LogP contribution is -2.40. The first-order valence-corrected chi connectivity index (χ1v) is 30.3. The summed E-state index contributed by atoms with van der Waals surface area (Å²) in [6.07, 6.45) is 71.1. The molecule has 0 aromatic carbocycles. The highest BCUT2D eigenvalue weighted by Crippen LogP contribution is 2.16. The average Bonchev–Trinajstić information content (AvgIpc) is 3.37. The molecule has 9 heteroatoms. The van der Waals surface area contributed by atoms with Crippen molar-refractivity contribution in [3.63, 3.8) is 0 Å². The first-order valence-electron chi connectivity index (χ1n) is 30.3. The Morgan fingerprint density at radius 2 is 0.770 bits per heavy atom. The minimum atomic E-state index is -1.51. The minimum Gasteiger partial charge on any atom is -0.477 e. The van der Waals surface area contributed by atoms with Crippen LogP contribution in [0.15, 0.2) is 85.1 Å². The van der Waals surface area contributed by atoms with Crippen molar-refractivity contribution in [2.24, 2.45) is 0 Å². The van der Waals surface area contributed by atoms with Crippen molar-refractivity contribution >= 4 is 17.9 Å². The maximum atomic E-state index is 12.9. The number of hydrogen-bond donors (Lipinski definition) is 1. The van der Waals surface area contributed by atoms with Gasteiger partial charge >= 0.3 is 17.9 Å². The Kier molecular flexibility index (Phi) is 53.0. The zero-order valence-electron chi connectivity index (χ0n) is 48.5. The first-order chi connectivity index (χ1) is 36.1. The summed E-state index contributed by atoms with van der Waals surface area (Å²) in [6.45, 7) is 4.71. The molecule has 0 aliphatic heterocycles. The topological polar surface area (TPSA) is 108 Å². The normalized spacial score (nSPS) is 13.4. The molecule has 0 bridgehead atoms. The molecule has 0 amide bonds. The van der Waals surface area contributed by atoms with Gasteiger partial charge in [-0.15, -0.1) is 0 Å². The molecule has 0 rings (SSSR count). The van der Waals surface area contributed by atoms with Gasteiger partial charge < -0.3 is 28.5 Å². The van der Waals surface area contributed by atoms with Gasteiger partial charge in [-0.05, 0) is 83.5 Å². The Bertz CT molecular complexity index is 1490. The van der Waals surface area contributed by atoms with Gasteiger partial charge in [-0.25, -0.2) is 4.79 Å². The number of carboxylic acid groups (broad SMARTS) is 1. The van der Waals surface area contributed by atoms with E-state index in [1.807, 2.05) is 21.1 Å². The number of allylic oxidation sites excluding steroid dienone is 14. The molecule has 0 heterocycles. The molecule has 0 spiro atoms. The van der Waals surface area contributed by atoms with Crippen molar-refractivity contribution < 1.29 is 42.9 Å². The summed E-state index contributed by atoms with van der Waals surface area (Å²) >= 11 is 0. The molecule has 0 aliphatic carbocycles. The Morgan fingerprint density at radius 3 is 1.15 bits per heavy atom. The lowest BCUT2D eigenvalue weighted by atomic mass is 10.0. The number of quaternary nitrogens is 1. The summed E-state index contributed by atoms with van der Waals surface area (Å²) in [7, 11) is 5.96. The monoisotopic (exact) mass is 1040 g/mol. The van der Waals surface area contributed by atoms with E-state index < -0.39 is 24.3 Å². The summed E-state index contributed by atoms with van der Waals surface area (Å²) in [5.74, 6) is -2.02. The van der Waals surface area contributed by atoms with E-state index in [9.17, 15) is 19.5 Å². The third-order valence-electron chi connectivity index (χ3n) is 12.9. The van der Waals surface area contributed by atoms with Crippen molar-refractivity contribution in [2.45, 2.75) is 264 Å². The maximum absolute atomic E-state index is 12.9. The number of ether oxygens (including phenoxy) is 4. The van der Waals surface area contributed by atoms with E-state index in [-0.39, 0.29) is 38.6 Å². The molecule has 0 aromatic rings. The number of carbonyl (C=O) groups is 3. The van der Waals surface area contributed by atoms with E-state index in [2.05, 4.69) is 98.9 Å². The number of unbranched alkanes of at least 4 members (excludes halogenated alkanes) is 26. The molecule has 74 heavy (non-hydrogen) atoms. The number of carboxylic acids is 1. The molecule has 0 aromatic heterocycles. The van der Waals surface area contributed by atoms with E-state index in [1.54, 1.807) is 0 Å². The van der Waals surface area contributed by atoms with E-state index in [0.29, 0.717) is 11.0 Å². The van der Waals surface area contributed by atoms with Gasteiger partial charge in [0.1, 0.15) is 13.2 Å². The fraction of sp³-hybridized carbons (Fsp3) is 0.738. The van der Waals surface area contributed by atoms with Crippen molar-refractivity contribution in [2.75, 3.05) is 47.5 Å². The molecule has 0 fully saturated rings. The molecule has 0 saturated heterocycles. The highest BCUT2D eigenvalue weighted by atomic mass is 16.7. The molecule has 9 nitrogen and oxygen atoms in total. The number of carbonyl (C=O) groups excluding carboxylic acids is 2. The molecule has 0 aliphatic rings. The maximum Gasteiger partial charge on any atom is 0.361 e. The fourth-order valence-electron chi connectivity index (χ4n) is 8.23. The number of esters is 2. The van der Waals surface area contributed by atoms with Gasteiger partial charge in [0, 0.05) is 12.8 Å². The quantitative estimate of drug-likeness (QED) is 0.0211. The second kappa shape index (κ2) is 55.7. The lowest BCUT2D eigenvalue weighted by molar-refractivity contribution is -0.870. The van der Waals surface area contributed by atoms with Gasteiger partial charge in [0.25, 0.3) is 6.29 Å². The highest BCUT2D eigenvalue weighted by Gasteiger charge is 2.25. The molecular weight excluding hydrogens is 923 g/mol. The van der Waals surface area contributed by atoms with Crippen LogP contribution in [0.5, 0.6) is 0 Å². The predicted molar refractivity (Wildman–Crippen MR) is 313 cm³/mol. The number of likely N-dealkylation sites (N-methyl/N-ethyl adjacent to an activating group) is 1. The van der Waals surface area contributed by atoms with Gasteiger partial charge in [0.2, 0.25) is 0 Å². The van der Waals surface area contributed by atoms with Crippen molar-refractivity contribution in [3.8, 4) is 0 Å². The van der Waals surface area contributed by atoms with Crippen LogP contribution in [-0.2, 0) is 33.3 Å². The van der Waals surface area contributed by atoms with Gasteiger partial charge in [-0.2, -0.15) is 0 Å². The smallest absolute Gasteiger partial charge is 0.361 e. The largest absolute Gasteiger partial charge is 0.477 e. The first kappa shape index (κ1) is 70.5. The average molecular weight is 1040 g/mol. The van der Waals surface area contributed by atoms with E-state index in [4.69, 9.17) is 18.9 Å². The molecule has 2 atom stereocenters. The van der Waals surface area contributed by atoms with Crippen LogP contribution in [0.3, 0.4) is 0 Å². The number of hydrogen-bond acceptors (Lipinski definition) is 7. The van der Waals surface area contributed by atoms with Crippen molar-refractivity contribution in [1.29, 1.82) is 0 Å². The Labute approximate surface area is 455 Å². The fourth-order valence-corrected chi connectivity index (χ4v) is 8.23. The van der Waals surface area contributed by atoms with Crippen LogP contribution in [0.2, 0.25) is 0 Å². The number of nitrogens with zero attached hydrogens (tertiary/aromatic N) is 1. The molecule has 0 radical (unpaired) electrons. The Morgan fingerprint density at radius 1 is 0.419 bits per heavy atom. The Hall–Kier alpha value is -3.53. The zero-order chi connectivity index (χ0) is 54.1. The highest BCUT2D eigenvalue weighted by molar-refractivity contribution is 5.71. The minimum absolute atomic E-state index is 0.184. The standard InChI is InChI=1S/C65H113NO8/c1-6-8-10-12-14-16-18-20-22-23-24-25-26-27-28-29-30-31-32-33-34-35-36-37-38-39-40-41-42-44-46-48-50-52-54-56-63(68)74-61(60-73-65(64(69)70)71-58-57-66(3,4)5)59-72-62(67)55-53-51-49-47-45-43-21-19-17-15-13-11-9-7-2/h8,10,13-16,19-22,24-25,27-28,61,65H,6-7,9,11-12,17-18,23,26,29-60H2,1-5H3/p+1/b10-8-,15-13-,16-14-,21-19-,22-20-,25-24-,28-27-. The van der Waals surface area contributed by atoms with Gasteiger partial charge in [0.05, 0.1) is 34.4 Å². The van der Waals surface area contributed by atoms with E-state index in [1.165, 1.54) is 122 Å². The van der Waals surface area contributed by atoms with Crippen LogP contribution in [0.4, 0.5) is 0 Å². The second-order valence-electron chi connectivity index (χ2n) is 21.3. The van der Waals surface area contributed by atoms with E-state index >= 15 is 0 Å². The molecule has 0 saturated carbocycles. The summed E-state index contributed by atoms with van der Waals surface area (Å²) < 4.78 is 22.9. The number of aliphatic carboxylic acids is 1. The third kappa shape index (κ3) is 56.2. The van der Waals surface area contributed by atoms with Crippen molar-refractivity contribution in [1.82, 2.24) is 0 Å². The van der Waals surface area contributed by atoms with E-state index in [0.717, 1.165) is 103 Å². The zero-order valence-corrected chi connectivity index (χ0v) is 48.5.